The molecule has 1 heterocycles. The van der Waals surface area contributed by atoms with Crippen molar-refractivity contribution in [1.82, 2.24) is 10.3 Å². The molecule has 0 atom stereocenters. The fourth-order valence-electron chi connectivity index (χ4n) is 3.23. The summed E-state index contributed by atoms with van der Waals surface area (Å²) in [5.74, 6) is 1.30. The van der Waals surface area contributed by atoms with Gasteiger partial charge < -0.3 is 20.1 Å². The van der Waals surface area contributed by atoms with Gasteiger partial charge in [0, 0.05) is 35.9 Å². The average molecular weight is 427 g/mol. The van der Waals surface area contributed by atoms with E-state index in [1.54, 1.807) is 50.6 Å². The highest BCUT2D eigenvalue weighted by molar-refractivity contribution is 6.09. The molecule has 0 aliphatic carbocycles. The summed E-state index contributed by atoms with van der Waals surface area (Å²) in [5, 5.41) is 7.28. The van der Waals surface area contributed by atoms with Gasteiger partial charge in [0.2, 0.25) is 0 Å². The standard InChI is InChI=1S/C25H21N3O4/c1-26-25(30)23-15-20(12-13-27-23)32-19-10-11-21-17(14-19)4-3-5-22(21)28-24(29)16-6-8-18(31-2)9-7-16/h3-15H,1-2H3,(H,26,30)(H,28,29). The molecule has 0 aliphatic rings. The van der Waals surface area contributed by atoms with Crippen molar-refractivity contribution in [2.45, 2.75) is 0 Å². The zero-order valence-corrected chi connectivity index (χ0v) is 17.6. The zero-order chi connectivity index (χ0) is 22.5. The number of anilines is 1. The number of carbonyl (C=O) groups is 2. The molecule has 0 aliphatic heterocycles. The zero-order valence-electron chi connectivity index (χ0n) is 17.6. The van der Waals surface area contributed by atoms with Crippen LogP contribution in [0.5, 0.6) is 17.2 Å². The molecule has 32 heavy (non-hydrogen) atoms. The second-order valence-corrected chi connectivity index (χ2v) is 6.93. The van der Waals surface area contributed by atoms with Crippen molar-refractivity contribution in [2.75, 3.05) is 19.5 Å². The fourth-order valence-corrected chi connectivity index (χ4v) is 3.23. The summed E-state index contributed by atoms with van der Waals surface area (Å²) >= 11 is 0. The summed E-state index contributed by atoms with van der Waals surface area (Å²) in [6, 6.07) is 21.4. The number of hydrogen-bond acceptors (Lipinski definition) is 5. The van der Waals surface area contributed by atoms with Gasteiger partial charge in [0.15, 0.2) is 0 Å². The quantitative estimate of drug-likeness (QED) is 0.468. The number of fused-ring (bicyclic) bond motifs is 1. The van der Waals surface area contributed by atoms with E-state index in [2.05, 4.69) is 15.6 Å². The lowest BCUT2D eigenvalue weighted by Gasteiger charge is -2.11. The number of amides is 2. The van der Waals surface area contributed by atoms with Crippen molar-refractivity contribution < 1.29 is 19.1 Å². The van der Waals surface area contributed by atoms with E-state index in [1.807, 2.05) is 36.4 Å². The van der Waals surface area contributed by atoms with Gasteiger partial charge in [-0.15, -0.1) is 0 Å². The van der Waals surface area contributed by atoms with Gasteiger partial charge in [-0.3, -0.25) is 14.6 Å². The molecular weight excluding hydrogens is 406 g/mol. The highest BCUT2D eigenvalue weighted by Crippen LogP contribution is 2.30. The summed E-state index contributed by atoms with van der Waals surface area (Å²) in [4.78, 5) is 28.5. The Morgan fingerprint density at radius 2 is 1.59 bits per heavy atom. The smallest absolute Gasteiger partial charge is 0.269 e. The molecule has 4 aromatic rings. The topological polar surface area (TPSA) is 89.6 Å². The minimum atomic E-state index is -0.286. The summed E-state index contributed by atoms with van der Waals surface area (Å²) < 4.78 is 11.1. The minimum absolute atomic E-state index is 0.209. The van der Waals surface area contributed by atoms with Crippen LogP contribution in [0.25, 0.3) is 10.8 Å². The Morgan fingerprint density at radius 1 is 0.844 bits per heavy atom. The lowest BCUT2D eigenvalue weighted by Crippen LogP contribution is -2.18. The molecule has 1 aromatic heterocycles. The van der Waals surface area contributed by atoms with Gasteiger partial charge in [-0.25, -0.2) is 0 Å². The molecule has 7 heteroatoms. The number of pyridine rings is 1. The summed E-state index contributed by atoms with van der Waals surface area (Å²) in [6.07, 6.45) is 1.52. The molecule has 7 nitrogen and oxygen atoms in total. The molecule has 3 aromatic carbocycles. The van der Waals surface area contributed by atoms with E-state index in [9.17, 15) is 9.59 Å². The summed E-state index contributed by atoms with van der Waals surface area (Å²) in [5.41, 5.74) is 1.50. The number of benzene rings is 3. The van der Waals surface area contributed by atoms with Gasteiger partial charge in [0.05, 0.1) is 7.11 Å². The Hall–Kier alpha value is -4.39. The van der Waals surface area contributed by atoms with Crippen LogP contribution in [0, 0.1) is 0 Å². The van der Waals surface area contributed by atoms with Crippen molar-refractivity contribution in [3.05, 3.63) is 90.3 Å². The van der Waals surface area contributed by atoms with Crippen molar-refractivity contribution in [1.29, 1.82) is 0 Å². The number of methoxy groups -OCH3 is 1. The monoisotopic (exact) mass is 427 g/mol. The molecule has 4 rings (SSSR count). The Morgan fingerprint density at radius 3 is 2.34 bits per heavy atom. The van der Waals surface area contributed by atoms with Gasteiger partial charge in [0.25, 0.3) is 11.8 Å². The van der Waals surface area contributed by atoms with Gasteiger partial charge in [-0.1, -0.05) is 12.1 Å². The van der Waals surface area contributed by atoms with Crippen LogP contribution in [0.3, 0.4) is 0 Å². The Balaban J connectivity index is 1.56. The summed E-state index contributed by atoms with van der Waals surface area (Å²) in [6.45, 7) is 0. The predicted octanol–water partition coefficient (Wildman–Crippen LogP) is 4.65. The third kappa shape index (κ3) is 4.52. The third-order valence-corrected chi connectivity index (χ3v) is 4.88. The van der Waals surface area contributed by atoms with E-state index in [0.29, 0.717) is 28.5 Å². The average Bonchev–Trinajstić information content (AvgIpc) is 2.83. The molecule has 0 spiro atoms. The maximum absolute atomic E-state index is 12.7. The number of hydrogen-bond donors (Lipinski definition) is 2. The van der Waals surface area contributed by atoms with E-state index >= 15 is 0 Å². The molecule has 0 bridgehead atoms. The lowest BCUT2D eigenvalue weighted by molar-refractivity contribution is 0.0957. The van der Waals surface area contributed by atoms with Crippen LogP contribution in [0.1, 0.15) is 20.8 Å². The molecule has 160 valence electrons. The number of carbonyl (C=O) groups excluding carboxylic acids is 2. The second-order valence-electron chi connectivity index (χ2n) is 6.93. The number of rotatable bonds is 6. The first-order valence-electron chi connectivity index (χ1n) is 9.91. The molecule has 0 unspecified atom stereocenters. The number of nitrogens with one attached hydrogen (secondary N) is 2. The molecule has 0 saturated heterocycles. The number of aromatic nitrogens is 1. The van der Waals surface area contributed by atoms with Crippen LogP contribution in [0.15, 0.2) is 79.0 Å². The largest absolute Gasteiger partial charge is 0.497 e. The Labute approximate surface area is 185 Å². The first kappa shape index (κ1) is 20.9. The second kappa shape index (κ2) is 9.18. The van der Waals surface area contributed by atoms with E-state index < -0.39 is 0 Å². The molecule has 2 N–H and O–H groups in total. The van der Waals surface area contributed by atoms with Gasteiger partial charge >= 0.3 is 0 Å². The lowest BCUT2D eigenvalue weighted by atomic mass is 10.1. The highest BCUT2D eigenvalue weighted by atomic mass is 16.5. The van der Waals surface area contributed by atoms with Crippen LogP contribution in [-0.4, -0.2) is 31.0 Å². The SMILES string of the molecule is CNC(=O)c1cc(Oc2ccc3c(NC(=O)c4ccc(OC)cc4)cccc3c2)ccn1. The van der Waals surface area contributed by atoms with Gasteiger partial charge in [-0.05, 0) is 60.0 Å². The maximum atomic E-state index is 12.7. The van der Waals surface area contributed by atoms with Crippen molar-refractivity contribution in [2.24, 2.45) is 0 Å². The van der Waals surface area contributed by atoms with E-state index in [-0.39, 0.29) is 17.5 Å². The Kier molecular flexibility index (Phi) is 5.98. The number of ether oxygens (including phenoxy) is 2. The molecule has 0 fully saturated rings. The normalized spacial score (nSPS) is 10.4. The minimum Gasteiger partial charge on any atom is -0.497 e. The highest BCUT2D eigenvalue weighted by Gasteiger charge is 2.10. The predicted molar refractivity (Wildman–Crippen MR) is 123 cm³/mol. The van der Waals surface area contributed by atoms with Crippen LogP contribution < -0.4 is 20.1 Å². The first-order chi connectivity index (χ1) is 15.6. The maximum Gasteiger partial charge on any atom is 0.269 e. The van der Waals surface area contributed by atoms with Crippen LogP contribution in [0.4, 0.5) is 5.69 Å². The van der Waals surface area contributed by atoms with E-state index in [4.69, 9.17) is 9.47 Å². The summed E-state index contributed by atoms with van der Waals surface area (Å²) in [7, 11) is 3.13. The first-order valence-corrected chi connectivity index (χ1v) is 9.91. The molecule has 0 saturated carbocycles. The van der Waals surface area contributed by atoms with Gasteiger partial charge in [0.1, 0.15) is 22.9 Å². The van der Waals surface area contributed by atoms with Gasteiger partial charge in [-0.2, -0.15) is 0 Å². The van der Waals surface area contributed by atoms with Crippen molar-refractivity contribution in [3.8, 4) is 17.2 Å². The number of nitrogens with zero attached hydrogens (tertiary/aromatic N) is 1. The van der Waals surface area contributed by atoms with E-state index in [0.717, 1.165) is 10.8 Å². The molecule has 0 radical (unpaired) electrons. The van der Waals surface area contributed by atoms with E-state index in [1.165, 1.54) is 6.20 Å². The fraction of sp³-hybridized carbons (Fsp3) is 0.0800. The van der Waals surface area contributed by atoms with Crippen LogP contribution in [-0.2, 0) is 0 Å². The van der Waals surface area contributed by atoms with Crippen LogP contribution in [0.2, 0.25) is 0 Å². The Bertz CT molecular complexity index is 1290. The molecule has 2 amide bonds. The molecular formula is C25H21N3O4. The van der Waals surface area contributed by atoms with Crippen LogP contribution >= 0.6 is 0 Å². The van der Waals surface area contributed by atoms with Crippen molar-refractivity contribution >= 4 is 28.3 Å². The van der Waals surface area contributed by atoms with Crippen molar-refractivity contribution in [3.63, 3.8) is 0 Å². The third-order valence-electron chi connectivity index (χ3n) is 4.88.